The highest BCUT2D eigenvalue weighted by atomic mass is 16.1. The summed E-state index contributed by atoms with van der Waals surface area (Å²) in [6, 6.07) is 3.45. The second kappa shape index (κ2) is 7.16. The fourth-order valence-corrected chi connectivity index (χ4v) is 2.09. The van der Waals surface area contributed by atoms with E-state index in [0.29, 0.717) is 11.5 Å². The zero-order chi connectivity index (χ0) is 14.4. The lowest BCUT2D eigenvalue weighted by molar-refractivity contribution is 0.0957. The molecule has 7 heteroatoms. The lowest BCUT2D eigenvalue weighted by Gasteiger charge is -2.32. The summed E-state index contributed by atoms with van der Waals surface area (Å²) < 4.78 is 0. The van der Waals surface area contributed by atoms with Gasteiger partial charge in [0, 0.05) is 46.3 Å². The van der Waals surface area contributed by atoms with Crippen molar-refractivity contribution in [3.05, 3.63) is 17.8 Å². The maximum absolute atomic E-state index is 11.3. The third-order valence-electron chi connectivity index (χ3n) is 3.45. The van der Waals surface area contributed by atoms with E-state index in [1.54, 1.807) is 19.2 Å². The van der Waals surface area contributed by atoms with E-state index < -0.39 is 0 Å². The number of rotatable bonds is 5. The highest BCUT2D eigenvalue weighted by molar-refractivity contribution is 5.91. The highest BCUT2D eigenvalue weighted by Gasteiger charge is 2.12. The van der Waals surface area contributed by atoms with Gasteiger partial charge in [-0.1, -0.05) is 0 Å². The summed E-state index contributed by atoms with van der Waals surface area (Å²) in [7, 11) is 3.73. The van der Waals surface area contributed by atoms with Crippen LogP contribution in [0.25, 0.3) is 0 Å². The molecule has 0 bridgehead atoms. The Morgan fingerprint density at radius 1 is 1.25 bits per heavy atom. The molecule has 110 valence electrons. The minimum Gasteiger partial charge on any atom is -0.367 e. The fourth-order valence-electron chi connectivity index (χ4n) is 2.09. The topological polar surface area (TPSA) is 73.4 Å². The van der Waals surface area contributed by atoms with Gasteiger partial charge in [-0.25, -0.2) is 0 Å². The molecule has 0 radical (unpaired) electrons. The van der Waals surface area contributed by atoms with Gasteiger partial charge in [0.2, 0.25) is 0 Å². The van der Waals surface area contributed by atoms with Crippen molar-refractivity contribution < 1.29 is 4.79 Å². The van der Waals surface area contributed by atoms with Crippen LogP contribution < -0.4 is 10.6 Å². The van der Waals surface area contributed by atoms with Crippen LogP contribution in [-0.4, -0.2) is 79.3 Å². The van der Waals surface area contributed by atoms with Crippen molar-refractivity contribution in [3.63, 3.8) is 0 Å². The molecule has 1 aromatic heterocycles. The van der Waals surface area contributed by atoms with Crippen LogP contribution in [0.1, 0.15) is 10.5 Å². The molecule has 0 saturated carbocycles. The van der Waals surface area contributed by atoms with Crippen molar-refractivity contribution in [1.29, 1.82) is 0 Å². The van der Waals surface area contributed by atoms with Gasteiger partial charge in [0.1, 0.15) is 5.82 Å². The Labute approximate surface area is 119 Å². The summed E-state index contributed by atoms with van der Waals surface area (Å²) in [4.78, 5) is 16.1. The van der Waals surface area contributed by atoms with E-state index in [-0.39, 0.29) is 5.91 Å². The molecule has 0 spiro atoms. The van der Waals surface area contributed by atoms with Crippen LogP contribution in [-0.2, 0) is 0 Å². The minimum atomic E-state index is -0.221. The highest BCUT2D eigenvalue weighted by Crippen LogP contribution is 2.03. The molecule has 1 amide bonds. The van der Waals surface area contributed by atoms with Gasteiger partial charge < -0.3 is 15.5 Å². The number of nitrogens with zero attached hydrogens (tertiary/aromatic N) is 4. The van der Waals surface area contributed by atoms with Gasteiger partial charge in [-0.2, -0.15) is 0 Å². The number of hydrogen-bond acceptors (Lipinski definition) is 6. The number of likely N-dealkylation sites (N-methyl/N-ethyl adjacent to an activating group) is 1. The number of aromatic nitrogens is 2. The third kappa shape index (κ3) is 4.14. The summed E-state index contributed by atoms with van der Waals surface area (Å²) in [5.41, 5.74) is 0.331. The molecule has 0 aliphatic carbocycles. The van der Waals surface area contributed by atoms with Crippen molar-refractivity contribution in [2.75, 3.05) is 58.7 Å². The van der Waals surface area contributed by atoms with Gasteiger partial charge in [0.25, 0.3) is 5.91 Å². The van der Waals surface area contributed by atoms with Crippen LogP contribution in [0.15, 0.2) is 12.1 Å². The summed E-state index contributed by atoms with van der Waals surface area (Å²) in [5.74, 6) is 0.480. The van der Waals surface area contributed by atoms with Crippen molar-refractivity contribution in [1.82, 2.24) is 25.3 Å². The predicted molar refractivity (Wildman–Crippen MR) is 77.8 cm³/mol. The molecule has 1 aromatic rings. The average Bonchev–Trinajstić information content (AvgIpc) is 2.49. The van der Waals surface area contributed by atoms with Crippen LogP contribution >= 0.6 is 0 Å². The van der Waals surface area contributed by atoms with Crippen LogP contribution in [0.3, 0.4) is 0 Å². The van der Waals surface area contributed by atoms with Crippen LogP contribution in [0.5, 0.6) is 0 Å². The standard InChI is InChI=1S/C13H22N6O/c1-14-13(20)11-3-4-12(17-16-11)15-5-6-19-9-7-18(2)8-10-19/h3-4H,5-10H2,1-2H3,(H,14,20)(H,15,17). The van der Waals surface area contributed by atoms with Crippen LogP contribution in [0.4, 0.5) is 5.82 Å². The maximum atomic E-state index is 11.3. The number of anilines is 1. The van der Waals surface area contributed by atoms with E-state index >= 15 is 0 Å². The molecule has 0 atom stereocenters. The van der Waals surface area contributed by atoms with E-state index in [9.17, 15) is 4.79 Å². The van der Waals surface area contributed by atoms with Crippen LogP contribution in [0, 0.1) is 0 Å². The number of carbonyl (C=O) groups is 1. The zero-order valence-corrected chi connectivity index (χ0v) is 12.1. The molecule has 1 saturated heterocycles. The van der Waals surface area contributed by atoms with E-state index in [1.807, 2.05) is 0 Å². The van der Waals surface area contributed by atoms with Crippen molar-refractivity contribution in [3.8, 4) is 0 Å². The van der Waals surface area contributed by atoms with Gasteiger partial charge >= 0.3 is 0 Å². The number of amides is 1. The maximum Gasteiger partial charge on any atom is 0.271 e. The first-order valence-electron chi connectivity index (χ1n) is 6.89. The Bertz CT molecular complexity index is 427. The molecule has 0 unspecified atom stereocenters. The average molecular weight is 278 g/mol. The summed E-state index contributed by atoms with van der Waals surface area (Å²) >= 11 is 0. The molecule has 1 fully saturated rings. The number of hydrogen-bond donors (Lipinski definition) is 2. The van der Waals surface area contributed by atoms with Gasteiger partial charge in [0.05, 0.1) is 0 Å². The first-order chi connectivity index (χ1) is 9.69. The van der Waals surface area contributed by atoms with E-state index in [4.69, 9.17) is 0 Å². The summed E-state index contributed by atoms with van der Waals surface area (Å²) in [6.07, 6.45) is 0. The Kier molecular flexibility index (Phi) is 5.25. The smallest absolute Gasteiger partial charge is 0.271 e. The largest absolute Gasteiger partial charge is 0.367 e. The van der Waals surface area contributed by atoms with Gasteiger partial charge in [-0.15, -0.1) is 10.2 Å². The number of carbonyl (C=O) groups excluding carboxylic acids is 1. The van der Waals surface area contributed by atoms with Crippen LogP contribution in [0.2, 0.25) is 0 Å². The van der Waals surface area contributed by atoms with Gasteiger partial charge in [-0.3, -0.25) is 9.69 Å². The van der Waals surface area contributed by atoms with Gasteiger partial charge in [0.15, 0.2) is 5.69 Å². The fraction of sp³-hybridized carbons (Fsp3) is 0.615. The SMILES string of the molecule is CNC(=O)c1ccc(NCCN2CCN(C)CC2)nn1. The third-order valence-corrected chi connectivity index (χ3v) is 3.45. The molecule has 0 aromatic carbocycles. The molecule has 1 aliphatic heterocycles. The number of piperazine rings is 1. The molecule has 20 heavy (non-hydrogen) atoms. The zero-order valence-electron chi connectivity index (χ0n) is 12.1. The minimum absolute atomic E-state index is 0.221. The molecule has 7 nitrogen and oxygen atoms in total. The Hall–Kier alpha value is -1.73. The second-order valence-corrected chi connectivity index (χ2v) is 4.95. The van der Waals surface area contributed by atoms with Crippen molar-refractivity contribution in [2.24, 2.45) is 0 Å². The quantitative estimate of drug-likeness (QED) is 0.756. The van der Waals surface area contributed by atoms with E-state index in [1.165, 1.54) is 0 Å². The molecule has 2 heterocycles. The Morgan fingerprint density at radius 2 is 2.00 bits per heavy atom. The van der Waals surface area contributed by atoms with E-state index in [2.05, 4.69) is 37.7 Å². The summed E-state index contributed by atoms with van der Waals surface area (Å²) in [6.45, 7) is 6.30. The lowest BCUT2D eigenvalue weighted by Crippen LogP contribution is -2.45. The molecular weight excluding hydrogens is 256 g/mol. The second-order valence-electron chi connectivity index (χ2n) is 4.95. The molecule has 2 N–H and O–H groups in total. The Balaban J connectivity index is 1.73. The monoisotopic (exact) mass is 278 g/mol. The number of nitrogens with one attached hydrogen (secondary N) is 2. The Morgan fingerprint density at radius 3 is 2.60 bits per heavy atom. The molecule has 2 rings (SSSR count). The summed E-state index contributed by atoms with van der Waals surface area (Å²) in [5, 5.41) is 13.6. The normalized spacial score (nSPS) is 16.9. The molecule has 1 aliphatic rings. The first kappa shape index (κ1) is 14.7. The molecular formula is C13H22N6O. The first-order valence-corrected chi connectivity index (χ1v) is 6.89. The lowest BCUT2D eigenvalue weighted by atomic mass is 10.3. The van der Waals surface area contributed by atoms with Gasteiger partial charge in [-0.05, 0) is 19.2 Å². The van der Waals surface area contributed by atoms with E-state index in [0.717, 1.165) is 39.3 Å². The predicted octanol–water partition coefficient (Wildman–Crippen LogP) is -0.504. The van der Waals surface area contributed by atoms with Crippen molar-refractivity contribution in [2.45, 2.75) is 0 Å². The van der Waals surface area contributed by atoms with Crippen molar-refractivity contribution >= 4 is 11.7 Å².